The Bertz CT molecular complexity index is 979. The second-order valence-corrected chi connectivity index (χ2v) is 8.21. The molecule has 5 rings (SSSR count). The van der Waals surface area contributed by atoms with Crippen molar-refractivity contribution in [2.24, 2.45) is 5.92 Å². The highest BCUT2D eigenvalue weighted by molar-refractivity contribution is 6.32. The van der Waals surface area contributed by atoms with Crippen molar-refractivity contribution in [2.75, 3.05) is 33.2 Å². The molecule has 0 bridgehead atoms. The summed E-state index contributed by atoms with van der Waals surface area (Å²) in [7, 11) is 2.14. The van der Waals surface area contributed by atoms with Crippen molar-refractivity contribution < 1.29 is 9.59 Å². The molecule has 0 unspecified atom stereocenters. The molecule has 0 saturated carbocycles. The van der Waals surface area contributed by atoms with Crippen molar-refractivity contribution in [1.29, 1.82) is 0 Å². The maximum Gasteiger partial charge on any atom is 0.240 e. The predicted octanol–water partition coefficient (Wildman–Crippen LogP) is 1.65. The van der Waals surface area contributed by atoms with Crippen LogP contribution in [-0.2, 0) is 16.0 Å². The summed E-state index contributed by atoms with van der Waals surface area (Å²) in [6.45, 7) is 2.17. The number of halogens is 1. The van der Waals surface area contributed by atoms with Gasteiger partial charge in [-0.1, -0.05) is 29.8 Å². The number of hydrogen-bond acceptors (Lipinski definition) is 4. The topological polar surface area (TPSA) is 68.4 Å². The van der Waals surface area contributed by atoms with Gasteiger partial charge in [-0.15, -0.1) is 0 Å². The molecule has 2 aromatic rings. The molecule has 27 heavy (non-hydrogen) atoms. The van der Waals surface area contributed by atoms with E-state index in [1.54, 1.807) is 0 Å². The third-order valence-corrected chi connectivity index (χ3v) is 6.24. The van der Waals surface area contributed by atoms with Gasteiger partial charge in [-0.25, -0.2) is 0 Å². The van der Waals surface area contributed by atoms with Crippen molar-refractivity contribution >= 4 is 39.9 Å². The zero-order valence-corrected chi connectivity index (χ0v) is 15.8. The number of fused-ring (bicyclic) bond motifs is 2. The van der Waals surface area contributed by atoms with E-state index in [1.165, 1.54) is 22.1 Å². The molecular weight excluding hydrogens is 364 g/mol. The molecule has 0 radical (unpaired) electrons. The number of aromatic amines is 1. The molecule has 2 atom stereocenters. The number of hydrogen-bond donors (Lipinski definition) is 2. The fourth-order valence-corrected chi connectivity index (χ4v) is 5.14. The number of amides is 2. The Labute approximate surface area is 162 Å². The molecule has 1 aliphatic carbocycles. The van der Waals surface area contributed by atoms with Gasteiger partial charge in [0, 0.05) is 36.0 Å². The Hall–Kier alpha value is -2.15. The van der Waals surface area contributed by atoms with Crippen LogP contribution in [0.2, 0.25) is 5.15 Å². The SMILES string of the molecule is CN1C[C@H](CN2CC(=O)NC(=O)C2)C=C2c3cccc4[nH]c(Cl)c(c34)C[C@H]21. The summed E-state index contributed by atoms with van der Waals surface area (Å²) >= 11 is 6.47. The minimum absolute atomic E-state index is 0.213. The van der Waals surface area contributed by atoms with E-state index in [4.69, 9.17) is 11.6 Å². The summed E-state index contributed by atoms with van der Waals surface area (Å²) in [5.74, 6) is -0.156. The molecule has 1 saturated heterocycles. The maximum absolute atomic E-state index is 11.7. The van der Waals surface area contributed by atoms with Crippen LogP contribution in [0, 0.1) is 5.92 Å². The first kappa shape index (κ1) is 17.0. The molecule has 1 aromatic carbocycles. The van der Waals surface area contributed by atoms with Gasteiger partial charge in [-0.2, -0.15) is 0 Å². The number of carbonyl (C=O) groups excluding carboxylic acids is 2. The highest BCUT2D eigenvalue weighted by atomic mass is 35.5. The van der Waals surface area contributed by atoms with Crippen LogP contribution in [-0.4, -0.2) is 65.9 Å². The molecule has 2 aliphatic heterocycles. The van der Waals surface area contributed by atoms with E-state index in [0.717, 1.165) is 23.6 Å². The number of H-pyrrole nitrogens is 1. The fourth-order valence-electron chi connectivity index (χ4n) is 4.87. The average Bonchev–Trinajstić information content (AvgIpc) is 2.92. The van der Waals surface area contributed by atoms with Gasteiger partial charge in [0.15, 0.2) is 0 Å². The third kappa shape index (κ3) is 2.79. The predicted molar refractivity (Wildman–Crippen MR) is 104 cm³/mol. The van der Waals surface area contributed by atoms with Gasteiger partial charge in [0.2, 0.25) is 11.8 Å². The highest BCUT2D eigenvalue weighted by Gasteiger charge is 2.35. The molecule has 3 aliphatic rings. The normalized spacial score (nSPS) is 26.1. The average molecular weight is 385 g/mol. The fraction of sp³-hybridized carbons (Fsp3) is 0.400. The number of imide groups is 1. The Balaban J connectivity index is 1.51. The summed E-state index contributed by atoms with van der Waals surface area (Å²) in [4.78, 5) is 31.0. The van der Waals surface area contributed by atoms with Crippen molar-refractivity contribution in [3.63, 3.8) is 0 Å². The first-order valence-corrected chi connectivity index (χ1v) is 9.64. The lowest BCUT2D eigenvalue weighted by molar-refractivity contribution is -0.136. The van der Waals surface area contributed by atoms with Gasteiger partial charge < -0.3 is 4.98 Å². The lowest BCUT2D eigenvalue weighted by Gasteiger charge is -2.41. The van der Waals surface area contributed by atoms with Gasteiger partial charge in [0.1, 0.15) is 5.15 Å². The molecule has 7 heteroatoms. The summed E-state index contributed by atoms with van der Waals surface area (Å²) in [5, 5.41) is 4.33. The second-order valence-electron chi connectivity index (χ2n) is 7.83. The molecule has 2 N–H and O–H groups in total. The molecule has 0 spiro atoms. The van der Waals surface area contributed by atoms with Crippen LogP contribution in [0.4, 0.5) is 0 Å². The van der Waals surface area contributed by atoms with Crippen LogP contribution in [0.3, 0.4) is 0 Å². The number of benzene rings is 1. The van der Waals surface area contributed by atoms with Gasteiger partial charge >= 0.3 is 0 Å². The maximum atomic E-state index is 11.7. The number of aromatic nitrogens is 1. The van der Waals surface area contributed by atoms with Crippen molar-refractivity contribution in [3.8, 4) is 0 Å². The number of piperazine rings is 1. The Morgan fingerprint density at radius 3 is 2.78 bits per heavy atom. The highest BCUT2D eigenvalue weighted by Crippen LogP contribution is 2.43. The van der Waals surface area contributed by atoms with E-state index in [9.17, 15) is 9.59 Å². The number of likely N-dealkylation sites (N-methyl/N-ethyl adjacent to an activating group) is 1. The van der Waals surface area contributed by atoms with Crippen molar-refractivity contribution in [3.05, 3.63) is 40.6 Å². The largest absolute Gasteiger partial charge is 0.345 e. The minimum Gasteiger partial charge on any atom is -0.345 e. The molecule has 1 aromatic heterocycles. The summed E-state index contributed by atoms with van der Waals surface area (Å²) in [5.41, 5.74) is 4.85. The van der Waals surface area contributed by atoms with E-state index >= 15 is 0 Å². The lowest BCUT2D eigenvalue weighted by atomic mass is 9.80. The lowest BCUT2D eigenvalue weighted by Crippen LogP contribution is -2.53. The van der Waals surface area contributed by atoms with E-state index < -0.39 is 0 Å². The zero-order valence-electron chi connectivity index (χ0n) is 15.1. The summed E-state index contributed by atoms with van der Waals surface area (Å²) in [6, 6.07) is 6.60. The van der Waals surface area contributed by atoms with Crippen LogP contribution < -0.4 is 5.32 Å². The quantitative estimate of drug-likeness (QED) is 0.772. The van der Waals surface area contributed by atoms with Crippen LogP contribution in [0.15, 0.2) is 24.3 Å². The van der Waals surface area contributed by atoms with E-state index in [1.807, 2.05) is 4.90 Å². The molecule has 3 heterocycles. The van der Waals surface area contributed by atoms with Crippen LogP contribution >= 0.6 is 11.6 Å². The van der Waals surface area contributed by atoms with Crippen molar-refractivity contribution in [1.82, 2.24) is 20.1 Å². The molecule has 1 fully saturated rings. The summed E-state index contributed by atoms with van der Waals surface area (Å²) < 4.78 is 0. The van der Waals surface area contributed by atoms with Gasteiger partial charge in [0.25, 0.3) is 0 Å². The zero-order chi connectivity index (χ0) is 18.7. The summed E-state index contributed by atoms with van der Waals surface area (Å²) in [6.07, 6.45) is 3.25. The second kappa shape index (κ2) is 6.19. The first-order chi connectivity index (χ1) is 13.0. The Morgan fingerprint density at radius 1 is 1.22 bits per heavy atom. The van der Waals surface area contributed by atoms with Crippen molar-refractivity contribution in [2.45, 2.75) is 12.5 Å². The number of nitrogens with zero attached hydrogens (tertiary/aromatic N) is 2. The number of nitrogens with one attached hydrogen (secondary N) is 2. The number of carbonyl (C=O) groups is 2. The van der Waals surface area contributed by atoms with Gasteiger partial charge in [-0.3, -0.25) is 24.7 Å². The molecule has 6 nitrogen and oxygen atoms in total. The number of rotatable bonds is 2. The standard InChI is InChI=1S/C20H21ClN4O2/c1-24-7-11(8-25-9-17(26)23-18(27)10-25)5-13-12-3-2-4-15-19(12)14(6-16(13)24)20(21)22-15/h2-5,11,16,22H,6-10H2,1H3,(H,23,26,27)/t11-,16-/m1/s1. The van der Waals surface area contributed by atoms with Gasteiger partial charge in [-0.05, 0) is 36.2 Å². The Morgan fingerprint density at radius 2 is 2.00 bits per heavy atom. The smallest absolute Gasteiger partial charge is 0.240 e. The first-order valence-electron chi connectivity index (χ1n) is 9.26. The minimum atomic E-state index is -0.213. The molecule has 2 amide bonds. The van der Waals surface area contributed by atoms with E-state index in [2.05, 4.69) is 46.5 Å². The van der Waals surface area contributed by atoms with E-state index in [-0.39, 0.29) is 30.8 Å². The van der Waals surface area contributed by atoms with Crippen LogP contribution in [0.1, 0.15) is 11.1 Å². The van der Waals surface area contributed by atoms with E-state index in [0.29, 0.717) is 12.6 Å². The van der Waals surface area contributed by atoms with Crippen LogP contribution in [0.25, 0.3) is 16.5 Å². The van der Waals surface area contributed by atoms with Gasteiger partial charge in [0.05, 0.1) is 13.1 Å². The van der Waals surface area contributed by atoms with Crippen LogP contribution in [0.5, 0.6) is 0 Å². The monoisotopic (exact) mass is 384 g/mol. The molecular formula is C20H21ClN4O2. The Kier molecular flexibility index (Phi) is 3.89. The third-order valence-electron chi connectivity index (χ3n) is 5.92. The molecule has 140 valence electrons.